The van der Waals surface area contributed by atoms with Crippen LogP contribution in [0.15, 0.2) is 18.2 Å². The van der Waals surface area contributed by atoms with Crippen LogP contribution < -0.4 is 5.32 Å². The Morgan fingerprint density at radius 2 is 2.00 bits per heavy atom. The number of hydrogen-bond acceptors (Lipinski definition) is 3. The lowest BCUT2D eigenvalue weighted by molar-refractivity contribution is -0.137. The molecular weight excluding hydrogens is 369 g/mol. The summed E-state index contributed by atoms with van der Waals surface area (Å²) in [5.74, 6) is -0.606. The number of hydrogen-bond donors (Lipinski definition) is 1. The second-order valence-corrected chi connectivity index (χ2v) is 7.94. The van der Waals surface area contributed by atoms with Crippen LogP contribution in [-0.4, -0.2) is 37.5 Å². The maximum atomic E-state index is 12.7. The lowest BCUT2D eigenvalue weighted by Crippen LogP contribution is -2.34. The molecule has 1 aromatic carbocycles. The summed E-state index contributed by atoms with van der Waals surface area (Å²) in [5.41, 5.74) is -1.09. The number of anilines is 1. The maximum absolute atomic E-state index is 12.7. The summed E-state index contributed by atoms with van der Waals surface area (Å²) < 4.78 is 62.6. The minimum Gasteiger partial charge on any atom is -0.325 e. The summed E-state index contributed by atoms with van der Waals surface area (Å²) in [6, 6.07) is 2.52. The van der Waals surface area contributed by atoms with Crippen molar-refractivity contribution in [1.29, 1.82) is 0 Å². The van der Waals surface area contributed by atoms with Gasteiger partial charge in [-0.3, -0.25) is 4.79 Å². The number of nitrogens with zero attached hydrogens (tertiary/aromatic N) is 1. The lowest BCUT2D eigenvalue weighted by atomic mass is 10.2. The minimum atomic E-state index is -4.55. The standard InChI is InChI=1S/C14H16ClF3N2O3S/c1-24(22,23)20(10-3-4-10)7-6-13(21)19-12-8-9(14(16,17)18)2-5-11(12)15/h2,5,8,10H,3-4,6-7H2,1H3,(H,19,21). The van der Waals surface area contributed by atoms with Gasteiger partial charge in [0.15, 0.2) is 0 Å². The molecule has 1 aromatic rings. The van der Waals surface area contributed by atoms with Crippen LogP contribution in [0.2, 0.25) is 5.02 Å². The number of alkyl halides is 3. The zero-order chi connectivity index (χ0) is 18.1. The van der Waals surface area contributed by atoms with Crippen LogP contribution in [0.4, 0.5) is 18.9 Å². The Morgan fingerprint density at radius 3 is 2.50 bits per heavy atom. The first-order chi connectivity index (χ1) is 11.0. The predicted octanol–water partition coefficient (Wildman–Crippen LogP) is 3.11. The van der Waals surface area contributed by atoms with E-state index in [2.05, 4.69) is 5.32 Å². The Kier molecular flexibility index (Phi) is 5.46. The van der Waals surface area contributed by atoms with E-state index in [0.29, 0.717) is 0 Å². The molecule has 0 bridgehead atoms. The molecule has 1 fully saturated rings. The first-order valence-electron chi connectivity index (χ1n) is 7.12. The topological polar surface area (TPSA) is 66.5 Å². The zero-order valence-corrected chi connectivity index (χ0v) is 14.3. The number of nitrogens with one attached hydrogen (secondary N) is 1. The van der Waals surface area contributed by atoms with E-state index >= 15 is 0 Å². The molecule has 5 nitrogen and oxygen atoms in total. The minimum absolute atomic E-state index is 0.0219. The Labute approximate surface area is 142 Å². The molecule has 0 saturated heterocycles. The molecule has 0 aromatic heterocycles. The van der Waals surface area contributed by atoms with Crippen molar-refractivity contribution >= 4 is 33.2 Å². The smallest absolute Gasteiger partial charge is 0.325 e. The molecule has 0 heterocycles. The molecule has 0 spiro atoms. The highest BCUT2D eigenvalue weighted by Crippen LogP contribution is 2.34. The number of rotatable bonds is 6. The van der Waals surface area contributed by atoms with Crippen molar-refractivity contribution < 1.29 is 26.4 Å². The van der Waals surface area contributed by atoms with Gasteiger partial charge in [0.2, 0.25) is 15.9 Å². The van der Waals surface area contributed by atoms with Crippen LogP contribution in [0.1, 0.15) is 24.8 Å². The van der Waals surface area contributed by atoms with Gasteiger partial charge >= 0.3 is 6.18 Å². The largest absolute Gasteiger partial charge is 0.416 e. The van der Waals surface area contributed by atoms with Crippen LogP contribution in [-0.2, 0) is 21.0 Å². The van der Waals surface area contributed by atoms with E-state index in [1.165, 1.54) is 4.31 Å². The summed E-state index contributed by atoms with van der Waals surface area (Å²) in [4.78, 5) is 11.9. The van der Waals surface area contributed by atoms with E-state index < -0.39 is 27.7 Å². The molecule has 10 heteroatoms. The molecule has 0 atom stereocenters. The van der Waals surface area contributed by atoms with Crippen LogP contribution in [0.5, 0.6) is 0 Å². The molecule has 1 saturated carbocycles. The zero-order valence-electron chi connectivity index (χ0n) is 12.7. The van der Waals surface area contributed by atoms with Gasteiger partial charge in [0.05, 0.1) is 22.5 Å². The van der Waals surface area contributed by atoms with Crippen LogP contribution in [0.3, 0.4) is 0 Å². The van der Waals surface area contributed by atoms with E-state index in [1.807, 2.05) is 0 Å². The molecule has 134 valence electrons. The first kappa shape index (κ1) is 19.0. The van der Waals surface area contributed by atoms with Crippen molar-refractivity contribution in [2.75, 3.05) is 18.1 Å². The van der Waals surface area contributed by atoms with E-state index in [9.17, 15) is 26.4 Å². The summed E-state index contributed by atoms with van der Waals surface area (Å²) in [6.07, 6.45) is -2.17. The van der Waals surface area contributed by atoms with Gasteiger partial charge in [-0.1, -0.05) is 11.6 Å². The third kappa shape index (κ3) is 5.09. The SMILES string of the molecule is CS(=O)(=O)N(CCC(=O)Nc1cc(C(F)(F)F)ccc1Cl)C1CC1. The number of carbonyl (C=O) groups is 1. The fourth-order valence-corrected chi connectivity index (χ4v) is 3.54. The fraction of sp³-hybridized carbons (Fsp3) is 0.500. The molecule has 1 aliphatic carbocycles. The quantitative estimate of drug-likeness (QED) is 0.819. The maximum Gasteiger partial charge on any atom is 0.416 e. The third-order valence-corrected chi connectivity index (χ3v) is 5.17. The number of carbonyl (C=O) groups excluding carboxylic acids is 1. The summed E-state index contributed by atoms with van der Waals surface area (Å²) >= 11 is 5.80. The molecule has 24 heavy (non-hydrogen) atoms. The molecule has 1 amide bonds. The van der Waals surface area contributed by atoms with Crippen molar-refractivity contribution in [1.82, 2.24) is 4.31 Å². The predicted molar refractivity (Wildman–Crippen MR) is 84.3 cm³/mol. The van der Waals surface area contributed by atoms with Crippen LogP contribution in [0, 0.1) is 0 Å². The van der Waals surface area contributed by atoms with Crippen molar-refractivity contribution in [2.24, 2.45) is 0 Å². The highest BCUT2D eigenvalue weighted by atomic mass is 35.5. The number of amides is 1. The highest BCUT2D eigenvalue weighted by molar-refractivity contribution is 7.88. The molecule has 0 aliphatic heterocycles. The van der Waals surface area contributed by atoms with Gasteiger partial charge in [-0.15, -0.1) is 0 Å². The lowest BCUT2D eigenvalue weighted by Gasteiger charge is -2.19. The van der Waals surface area contributed by atoms with E-state index in [-0.39, 0.29) is 29.7 Å². The van der Waals surface area contributed by atoms with Crippen LogP contribution >= 0.6 is 11.6 Å². The Morgan fingerprint density at radius 1 is 1.38 bits per heavy atom. The Balaban J connectivity index is 2.02. The van der Waals surface area contributed by atoms with E-state index in [4.69, 9.17) is 11.6 Å². The molecule has 1 aliphatic rings. The third-order valence-electron chi connectivity index (χ3n) is 3.51. The average molecular weight is 385 g/mol. The van der Waals surface area contributed by atoms with Crippen molar-refractivity contribution in [3.63, 3.8) is 0 Å². The van der Waals surface area contributed by atoms with E-state index in [0.717, 1.165) is 37.3 Å². The van der Waals surface area contributed by atoms with Crippen molar-refractivity contribution in [2.45, 2.75) is 31.5 Å². The summed E-state index contributed by atoms with van der Waals surface area (Å²) in [6.45, 7) is -0.0219. The van der Waals surface area contributed by atoms with Gasteiger partial charge in [0.25, 0.3) is 0 Å². The monoisotopic (exact) mass is 384 g/mol. The van der Waals surface area contributed by atoms with Crippen LogP contribution in [0.25, 0.3) is 0 Å². The molecule has 1 N–H and O–H groups in total. The molecule has 2 rings (SSSR count). The van der Waals surface area contributed by atoms with Gasteiger partial charge in [-0.2, -0.15) is 17.5 Å². The molecule has 0 unspecified atom stereocenters. The van der Waals surface area contributed by atoms with Crippen molar-refractivity contribution in [3.05, 3.63) is 28.8 Å². The second-order valence-electron chi connectivity index (χ2n) is 5.60. The van der Waals surface area contributed by atoms with Gasteiger partial charge in [-0.25, -0.2) is 8.42 Å². The van der Waals surface area contributed by atoms with Gasteiger partial charge < -0.3 is 5.32 Å². The van der Waals surface area contributed by atoms with Gasteiger partial charge in [0, 0.05) is 19.0 Å². The molecule has 0 radical (unpaired) electrons. The van der Waals surface area contributed by atoms with Gasteiger partial charge in [0.1, 0.15) is 0 Å². The van der Waals surface area contributed by atoms with Crippen molar-refractivity contribution in [3.8, 4) is 0 Å². The van der Waals surface area contributed by atoms with Gasteiger partial charge in [-0.05, 0) is 31.0 Å². The average Bonchev–Trinajstić information content (AvgIpc) is 3.23. The molecular formula is C14H16ClF3N2O3S. The normalized spacial score (nSPS) is 15.6. The number of halogens is 4. The fourth-order valence-electron chi connectivity index (χ4n) is 2.20. The summed E-state index contributed by atoms with van der Waals surface area (Å²) in [7, 11) is -3.43. The Hall–Kier alpha value is -1.32. The summed E-state index contributed by atoms with van der Waals surface area (Å²) in [5, 5.41) is 2.27. The Bertz CT molecular complexity index is 733. The highest BCUT2D eigenvalue weighted by Gasteiger charge is 2.35. The number of sulfonamides is 1. The van der Waals surface area contributed by atoms with E-state index in [1.54, 1.807) is 0 Å². The number of benzene rings is 1. The first-order valence-corrected chi connectivity index (χ1v) is 9.34. The second kappa shape index (κ2) is 6.89.